The molecule has 1 rings (SSSR count). The molecule has 1 heterocycles. The quantitative estimate of drug-likeness (QED) is 0.760. The van der Waals surface area contributed by atoms with Gasteiger partial charge in [0.05, 0.1) is 18.7 Å². The zero-order valence-corrected chi connectivity index (χ0v) is 11.3. The van der Waals surface area contributed by atoms with Crippen molar-refractivity contribution < 1.29 is 27.1 Å². The number of aromatic nitrogens is 1. The van der Waals surface area contributed by atoms with Crippen LogP contribution in [0.2, 0.25) is 0 Å². The Bertz CT molecular complexity index is 453. The maximum absolute atomic E-state index is 12.8. The molecule has 2 N–H and O–H groups in total. The average Bonchev–Trinajstić information content (AvgIpc) is 2.37. The molecule has 1 aromatic heterocycles. The van der Waals surface area contributed by atoms with E-state index in [1.807, 2.05) is 0 Å². The Hall–Kier alpha value is -1.64. The number of pyridine rings is 1. The number of halogens is 5. The minimum atomic E-state index is -4.61. The SMILES string of the molecule is CCNc1cc(C(F)(F)F)cc(N(CCO)CC(F)F)n1. The van der Waals surface area contributed by atoms with Crippen LogP contribution >= 0.6 is 0 Å². The number of aliphatic hydroxyl groups excluding tert-OH is 1. The second kappa shape index (κ2) is 7.39. The Kier molecular flexibility index (Phi) is 6.13. The summed E-state index contributed by atoms with van der Waals surface area (Å²) >= 11 is 0. The Morgan fingerprint density at radius 2 is 2.00 bits per heavy atom. The van der Waals surface area contributed by atoms with Crippen molar-refractivity contribution in [3.8, 4) is 0 Å². The molecule has 0 spiro atoms. The van der Waals surface area contributed by atoms with E-state index in [9.17, 15) is 22.0 Å². The molecule has 9 heteroatoms. The van der Waals surface area contributed by atoms with Crippen molar-refractivity contribution in [3.63, 3.8) is 0 Å². The summed E-state index contributed by atoms with van der Waals surface area (Å²) in [6, 6.07) is 1.51. The summed E-state index contributed by atoms with van der Waals surface area (Å²) in [7, 11) is 0. The van der Waals surface area contributed by atoms with Gasteiger partial charge in [-0.05, 0) is 19.1 Å². The first-order valence-corrected chi connectivity index (χ1v) is 6.25. The molecule has 0 atom stereocenters. The van der Waals surface area contributed by atoms with Crippen LogP contribution in [0.15, 0.2) is 12.1 Å². The maximum Gasteiger partial charge on any atom is 0.416 e. The van der Waals surface area contributed by atoms with Gasteiger partial charge < -0.3 is 15.3 Å². The number of hydrogen-bond donors (Lipinski definition) is 2. The van der Waals surface area contributed by atoms with Gasteiger partial charge in [0, 0.05) is 13.1 Å². The van der Waals surface area contributed by atoms with E-state index in [1.165, 1.54) is 0 Å². The summed E-state index contributed by atoms with van der Waals surface area (Å²) in [6.45, 7) is 0.501. The third-order valence-electron chi connectivity index (χ3n) is 2.55. The van der Waals surface area contributed by atoms with E-state index in [0.29, 0.717) is 12.6 Å². The van der Waals surface area contributed by atoms with Gasteiger partial charge in [-0.25, -0.2) is 13.8 Å². The van der Waals surface area contributed by atoms with E-state index in [2.05, 4.69) is 10.3 Å². The molecule has 4 nitrogen and oxygen atoms in total. The first-order chi connectivity index (χ1) is 9.77. The first-order valence-electron chi connectivity index (χ1n) is 6.25. The van der Waals surface area contributed by atoms with Crippen LogP contribution in [0.1, 0.15) is 12.5 Å². The number of anilines is 2. The number of nitrogens with one attached hydrogen (secondary N) is 1. The zero-order chi connectivity index (χ0) is 16.0. The van der Waals surface area contributed by atoms with Crippen LogP contribution in [-0.2, 0) is 6.18 Å². The van der Waals surface area contributed by atoms with Crippen LogP contribution < -0.4 is 10.2 Å². The standard InChI is InChI=1S/C12H16F5N3O/c1-2-18-10-5-8(12(15,16)17)6-11(19-10)20(3-4-21)7-9(13)14/h5-6,9,21H,2-4,7H2,1H3,(H,18,19). The molecular formula is C12H16F5N3O. The predicted octanol–water partition coefficient (Wildman–Crippen LogP) is 2.60. The van der Waals surface area contributed by atoms with Crippen molar-refractivity contribution in [1.82, 2.24) is 4.98 Å². The predicted molar refractivity (Wildman–Crippen MR) is 68.7 cm³/mol. The van der Waals surface area contributed by atoms with Gasteiger partial charge in [-0.3, -0.25) is 0 Å². The van der Waals surface area contributed by atoms with E-state index < -0.39 is 31.3 Å². The minimum absolute atomic E-state index is 0.0560. The number of alkyl halides is 5. The summed E-state index contributed by atoms with van der Waals surface area (Å²) in [6.07, 6.45) is -7.37. The summed E-state index contributed by atoms with van der Waals surface area (Å²) in [5.74, 6) is -0.311. The highest BCUT2D eigenvalue weighted by atomic mass is 19.4. The number of nitrogens with zero attached hydrogens (tertiary/aromatic N) is 2. The largest absolute Gasteiger partial charge is 0.416 e. The van der Waals surface area contributed by atoms with Gasteiger partial charge in [-0.1, -0.05) is 0 Å². The summed E-state index contributed by atoms with van der Waals surface area (Å²) < 4.78 is 63.5. The molecule has 21 heavy (non-hydrogen) atoms. The normalized spacial score (nSPS) is 11.8. The lowest BCUT2D eigenvalue weighted by Gasteiger charge is -2.24. The topological polar surface area (TPSA) is 48.4 Å². The summed E-state index contributed by atoms with van der Waals surface area (Å²) in [4.78, 5) is 4.80. The molecule has 0 bridgehead atoms. The van der Waals surface area contributed by atoms with Crippen molar-refractivity contribution in [1.29, 1.82) is 0 Å². The molecule has 0 fully saturated rings. The summed E-state index contributed by atoms with van der Waals surface area (Å²) in [5.41, 5.74) is -0.986. The molecule has 1 aromatic rings. The molecule has 0 saturated heterocycles. The smallest absolute Gasteiger partial charge is 0.395 e. The van der Waals surface area contributed by atoms with Crippen molar-refractivity contribution in [2.75, 3.05) is 36.5 Å². The fraction of sp³-hybridized carbons (Fsp3) is 0.583. The van der Waals surface area contributed by atoms with E-state index in [4.69, 9.17) is 5.11 Å². The Morgan fingerprint density at radius 1 is 1.33 bits per heavy atom. The third-order valence-corrected chi connectivity index (χ3v) is 2.55. The van der Waals surface area contributed by atoms with Crippen LogP contribution in [0.3, 0.4) is 0 Å². The van der Waals surface area contributed by atoms with Crippen LogP contribution in [0.5, 0.6) is 0 Å². The van der Waals surface area contributed by atoms with Gasteiger partial charge >= 0.3 is 6.18 Å². The zero-order valence-electron chi connectivity index (χ0n) is 11.3. The molecule has 120 valence electrons. The Labute approximate surface area is 118 Å². The molecule has 0 unspecified atom stereocenters. The average molecular weight is 313 g/mol. The fourth-order valence-electron chi connectivity index (χ4n) is 1.70. The second-order valence-corrected chi connectivity index (χ2v) is 4.19. The number of hydrogen-bond acceptors (Lipinski definition) is 4. The molecule has 0 aromatic carbocycles. The molecule has 0 aliphatic carbocycles. The Balaban J connectivity index is 3.20. The van der Waals surface area contributed by atoms with Crippen molar-refractivity contribution in [2.24, 2.45) is 0 Å². The van der Waals surface area contributed by atoms with Gasteiger partial charge in [0.2, 0.25) is 0 Å². The maximum atomic E-state index is 12.8. The van der Waals surface area contributed by atoms with Crippen molar-refractivity contribution in [2.45, 2.75) is 19.5 Å². The van der Waals surface area contributed by atoms with Crippen LogP contribution in [0, 0.1) is 0 Å². The number of aliphatic hydroxyl groups is 1. The molecule has 0 aliphatic heterocycles. The molecular weight excluding hydrogens is 297 g/mol. The van der Waals surface area contributed by atoms with Gasteiger partial charge in [-0.15, -0.1) is 0 Å². The van der Waals surface area contributed by atoms with Gasteiger partial charge in [0.15, 0.2) is 0 Å². The third kappa shape index (κ3) is 5.33. The minimum Gasteiger partial charge on any atom is -0.395 e. The highest BCUT2D eigenvalue weighted by Crippen LogP contribution is 2.33. The summed E-state index contributed by atoms with van der Waals surface area (Å²) in [5, 5.41) is 11.5. The highest BCUT2D eigenvalue weighted by molar-refractivity contribution is 5.51. The van der Waals surface area contributed by atoms with Crippen molar-refractivity contribution in [3.05, 3.63) is 17.7 Å². The van der Waals surface area contributed by atoms with Gasteiger partial charge in [0.25, 0.3) is 6.43 Å². The van der Waals surface area contributed by atoms with Crippen LogP contribution in [-0.4, -0.2) is 42.8 Å². The lowest BCUT2D eigenvalue weighted by Crippen LogP contribution is -2.32. The molecule has 0 saturated carbocycles. The van der Waals surface area contributed by atoms with E-state index in [0.717, 1.165) is 11.0 Å². The first kappa shape index (κ1) is 17.4. The van der Waals surface area contributed by atoms with E-state index >= 15 is 0 Å². The number of rotatable bonds is 7. The van der Waals surface area contributed by atoms with Crippen LogP contribution in [0.4, 0.5) is 33.6 Å². The molecule has 0 aliphatic rings. The monoisotopic (exact) mass is 313 g/mol. The fourth-order valence-corrected chi connectivity index (χ4v) is 1.70. The van der Waals surface area contributed by atoms with E-state index in [-0.39, 0.29) is 18.2 Å². The molecule has 0 radical (unpaired) electrons. The van der Waals surface area contributed by atoms with E-state index in [1.54, 1.807) is 6.92 Å². The highest BCUT2D eigenvalue weighted by Gasteiger charge is 2.32. The Morgan fingerprint density at radius 3 is 2.48 bits per heavy atom. The van der Waals surface area contributed by atoms with Crippen LogP contribution in [0.25, 0.3) is 0 Å². The molecule has 0 amide bonds. The second-order valence-electron chi connectivity index (χ2n) is 4.19. The lowest BCUT2D eigenvalue weighted by atomic mass is 10.2. The van der Waals surface area contributed by atoms with Gasteiger partial charge in [0.1, 0.15) is 11.6 Å². The van der Waals surface area contributed by atoms with Gasteiger partial charge in [-0.2, -0.15) is 13.2 Å². The van der Waals surface area contributed by atoms with Crippen molar-refractivity contribution >= 4 is 11.6 Å². The lowest BCUT2D eigenvalue weighted by molar-refractivity contribution is -0.137.